The van der Waals surface area contributed by atoms with Crippen molar-refractivity contribution in [2.45, 2.75) is 20.0 Å². The summed E-state index contributed by atoms with van der Waals surface area (Å²) >= 11 is 0. The fourth-order valence-electron chi connectivity index (χ4n) is 2.44. The van der Waals surface area contributed by atoms with Crippen molar-refractivity contribution in [3.8, 4) is 0 Å². The number of aliphatic hydroxyl groups is 1. The number of pyridine rings is 1. The number of aliphatic hydroxyl groups excluding tert-OH is 1. The van der Waals surface area contributed by atoms with Gasteiger partial charge < -0.3 is 15.0 Å². The molecular weight excluding hydrogens is 311 g/mol. The Morgan fingerprint density at radius 2 is 1.88 bits per heavy atom. The maximum atomic E-state index is 13.0. The van der Waals surface area contributed by atoms with Crippen molar-refractivity contribution >= 4 is 5.91 Å². The van der Waals surface area contributed by atoms with Gasteiger partial charge in [-0.3, -0.25) is 9.59 Å². The molecule has 0 saturated carbocycles. The summed E-state index contributed by atoms with van der Waals surface area (Å²) in [5, 5.41) is 10.4. The van der Waals surface area contributed by atoms with E-state index in [0.717, 1.165) is 0 Å². The molecule has 1 atom stereocenters. The molecule has 0 fully saturated rings. The minimum absolute atomic E-state index is 0.0649. The molecule has 1 aromatic carbocycles. The first-order valence-corrected chi connectivity index (χ1v) is 7.78. The number of hydrogen-bond donors (Lipinski definition) is 2. The minimum Gasteiger partial charge on any atom is -0.387 e. The Balaban J connectivity index is 2.20. The number of aromatic nitrogens is 1. The SMILES string of the molecule is CC(C)CN(CC(O)c1ccc(F)cc1)C(=O)c1cc[nH]c(=O)c1. The van der Waals surface area contributed by atoms with Gasteiger partial charge in [-0.2, -0.15) is 0 Å². The van der Waals surface area contributed by atoms with E-state index >= 15 is 0 Å². The van der Waals surface area contributed by atoms with E-state index in [2.05, 4.69) is 4.98 Å². The van der Waals surface area contributed by atoms with E-state index < -0.39 is 6.10 Å². The van der Waals surface area contributed by atoms with Gasteiger partial charge in [0.25, 0.3) is 5.91 Å². The van der Waals surface area contributed by atoms with Gasteiger partial charge in [-0.15, -0.1) is 0 Å². The third kappa shape index (κ3) is 4.76. The van der Waals surface area contributed by atoms with E-state index in [1.165, 1.54) is 47.5 Å². The average Bonchev–Trinajstić information content (AvgIpc) is 2.53. The highest BCUT2D eigenvalue weighted by molar-refractivity contribution is 5.94. The molecule has 5 nitrogen and oxygen atoms in total. The first-order valence-electron chi connectivity index (χ1n) is 7.78. The summed E-state index contributed by atoms with van der Waals surface area (Å²) in [6.45, 7) is 4.42. The molecule has 1 amide bonds. The zero-order valence-corrected chi connectivity index (χ0v) is 13.7. The van der Waals surface area contributed by atoms with Gasteiger partial charge in [0.2, 0.25) is 5.56 Å². The molecule has 1 aromatic heterocycles. The number of nitrogens with zero attached hydrogens (tertiary/aromatic N) is 1. The van der Waals surface area contributed by atoms with Crippen LogP contribution in [0.15, 0.2) is 47.4 Å². The summed E-state index contributed by atoms with van der Waals surface area (Å²) in [6, 6.07) is 8.28. The molecule has 0 spiro atoms. The molecule has 0 bridgehead atoms. The Kier molecular flexibility index (Phi) is 5.87. The number of carbonyl (C=O) groups excluding carboxylic acids is 1. The minimum atomic E-state index is -0.935. The normalized spacial score (nSPS) is 12.2. The fraction of sp³-hybridized carbons (Fsp3) is 0.333. The summed E-state index contributed by atoms with van der Waals surface area (Å²) in [6.07, 6.45) is 0.481. The van der Waals surface area contributed by atoms with Gasteiger partial charge >= 0.3 is 0 Å². The Morgan fingerprint density at radius 3 is 2.46 bits per heavy atom. The maximum absolute atomic E-state index is 13.0. The molecule has 1 unspecified atom stereocenters. The van der Waals surface area contributed by atoms with Crippen LogP contribution >= 0.6 is 0 Å². The van der Waals surface area contributed by atoms with Gasteiger partial charge in [-0.05, 0) is 29.7 Å². The first-order chi connectivity index (χ1) is 11.4. The average molecular weight is 332 g/mol. The number of halogens is 1. The third-order valence-electron chi connectivity index (χ3n) is 3.54. The Bertz CT molecular complexity index is 740. The van der Waals surface area contributed by atoms with Crippen LogP contribution in [-0.4, -0.2) is 34.0 Å². The van der Waals surface area contributed by atoms with Gasteiger partial charge in [-0.25, -0.2) is 4.39 Å². The van der Waals surface area contributed by atoms with Crippen LogP contribution in [0.3, 0.4) is 0 Å². The quantitative estimate of drug-likeness (QED) is 0.853. The number of amides is 1. The van der Waals surface area contributed by atoms with Crippen molar-refractivity contribution in [2.75, 3.05) is 13.1 Å². The number of nitrogens with one attached hydrogen (secondary N) is 1. The van der Waals surface area contributed by atoms with E-state index in [-0.39, 0.29) is 35.3 Å². The van der Waals surface area contributed by atoms with E-state index in [4.69, 9.17) is 0 Å². The summed E-state index contributed by atoms with van der Waals surface area (Å²) in [5.74, 6) is -0.517. The van der Waals surface area contributed by atoms with Crippen molar-refractivity contribution in [3.05, 3.63) is 69.9 Å². The molecule has 2 aromatic rings. The summed E-state index contributed by atoms with van der Waals surface area (Å²) in [4.78, 5) is 28.0. The maximum Gasteiger partial charge on any atom is 0.254 e. The van der Waals surface area contributed by atoms with Crippen molar-refractivity contribution in [1.29, 1.82) is 0 Å². The largest absolute Gasteiger partial charge is 0.387 e. The Hall–Kier alpha value is -2.47. The molecule has 128 valence electrons. The first kappa shape index (κ1) is 17.9. The number of benzene rings is 1. The van der Waals surface area contributed by atoms with Crippen LogP contribution in [0.1, 0.15) is 35.9 Å². The molecule has 6 heteroatoms. The number of hydrogen-bond acceptors (Lipinski definition) is 3. The van der Waals surface area contributed by atoms with E-state index in [9.17, 15) is 19.1 Å². The number of H-pyrrole nitrogens is 1. The monoisotopic (exact) mass is 332 g/mol. The lowest BCUT2D eigenvalue weighted by molar-refractivity contribution is 0.0594. The molecule has 1 heterocycles. The van der Waals surface area contributed by atoms with Crippen LogP contribution < -0.4 is 5.56 Å². The van der Waals surface area contributed by atoms with Crippen LogP contribution in [0.25, 0.3) is 0 Å². The summed E-state index contributed by atoms with van der Waals surface area (Å²) < 4.78 is 13.0. The number of carbonyl (C=O) groups is 1. The lowest BCUT2D eigenvalue weighted by Crippen LogP contribution is -2.37. The highest BCUT2D eigenvalue weighted by Gasteiger charge is 2.21. The van der Waals surface area contributed by atoms with Gasteiger partial charge in [0, 0.05) is 24.4 Å². The molecule has 24 heavy (non-hydrogen) atoms. The van der Waals surface area contributed by atoms with Crippen molar-refractivity contribution < 1.29 is 14.3 Å². The Labute approximate surface area is 139 Å². The highest BCUT2D eigenvalue weighted by atomic mass is 19.1. The molecule has 2 N–H and O–H groups in total. The van der Waals surface area contributed by atoms with Gasteiger partial charge in [-0.1, -0.05) is 26.0 Å². The predicted octanol–water partition coefficient (Wildman–Crippen LogP) is 2.35. The number of aromatic amines is 1. The fourth-order valence-corrected chi connectivity index (χ4v) is 2.44. The molecule has 0 radical (unpaired) electrons. The number of rotatable bonds is 6. The molecular formula is C18H21FN2O3. The zero-order chi connectivity index (χ0) is 17.7. The molecule has 0 aliphatic carbocycles. The van der Waals surface area contributed by atoms with Crippen molar-refractivity contribution in [3.63, 3.8) is 0 Å². The zero-order valence-electron chi connectivity index (χ0n) is 13.7. The second-order valence-electron chi connectivity index (χ2n) is 6.11. The molecule has 0 aliphatic heterocycles. The molecule has 0 saturated heterocycles. The summed E-state index contributed by atoms with van der Waals surface area (Å²) in [5.41, 5.74) is 0.444. The molecule has 0 aliphatic rings. The van der Waals surface area contributed by atoms with Gasteiger partial charge in [0.1, 0.15) is 5.82 Å². The van der Waals surface area contributed by atoms with Crippen LogP contribution in [0.4, 0.5) is 4.39 Å². The second kappa shape index (κ2) is 7.88. The van der Waals surface area contributed by atoms with Crippen LogP contribution in [-0.2, 0) is 0 Å². The van der Waals surface area contributed by atoms with Gasteiger partial charge in [0.05, 0.1) is 12.6 Å². The Morgan fingerprint density at radius 1 is 1.21 bits per heavy atom. The van der Waals surface area contributed by atoms with Crippen LogP contribution in [0.5, 0.6) is 0 Å². The van der Waals surface area contributed by atoms with Gasteiger partial charge in [0.15, 0.2) is 0 Å². The molecule has 2 rings (SSSR count). The highest BCUT2D eigenvalue weighted by Crippen LogP contribution is 2.17. The van der Waals surface area contributed by atoms with Crippen molar-refractivity contribution in [2.24, 2.45) is 5.92 Å². The predicted molar refractivity (Wildman–Crippen MR) is 89.2 cm³/mol. The lowest BCUT2D eigenvalue weighted by Gasteiger charge is -2.27. The third-order valence-corrected chi connectivity index (χ3v) is 3.54. The lowest BCUT2D eigenvalue weighted by atomic mass is 10.1. The van der Waals surface area contributed by atoms with E-state index in [1.807, 2.05) is 13.8 Å². The standard InChI is InChI=1S/C18H21FN2O3/c1-12(2)10-21(18(24)14-7-8-20-17(23)9-14)11-16(22)13-3-5-15(19)6-4-13/h3-9,12,16,22H,10-11H2,1-2H3,(H,20,23). The van der Waals surface area contributed by atoms with Crippen LogP contribution in [0, 0.1) is 11.7 Å². The van der Waals surface area contributed by atoms with Crippen molar-refractivity contribution in [1.82, 2.24) is 9.88 Å². The van der Waals surface area contributed by atoms with E-state index in [0.29, 0.717) is 12.1 Å². The van der Waals surface area contributed by atoms with Crippen LogP contribution in [0.2, 0.25) is 0 Å². The smallest absolute Gasteiger partial charge is 0.254 e. The summed E-state index contributed by atoms with van der Waals surface area (Å²) in [7, 11) is 0. The van der Waals surface area contributed by atoms with E-state index in [1.54, 1.807) is 0 Å². The topological polar surface area (TPSA) is 73.4 Å². The second-order valence-corrected chi connectivity index (χ2v) is 6.11.